The van der Waals surface area contributed by atoms with Gasteiger partial charge in [-0.2, -0.15) is 0 Å². The molecule has 2 atom stereocenters. The number of benzene rings is 1. The lowest BCUT2D eigenvalue weighted by atomic mass is 9.99. The molecule has 2 N–H and O–H groups in total. The normalized spacial score (nSPS) is 27.4. The molecule has 2 unspecified atom stereocenters. The lowest BCUT2D eigenvalue weighted by molar-refractivity contribution is 0.144. The summed E-state index contributed by atoms with van der Waals surface area (Å²) in [6.45, 7) is 1.99. The highest BCUT2D eigenvalue weighted by Crippen LogP contribution is 2.33. The number of rotatable bonds is 4. The van der Waals surface area contributed by atoms with E-state index in [0.29, 0.717) is 12.2 Å². The van der Waals surface area contributed by atoms with Crippen molar-refractivity contribution in [2.75, 3.05) is 13.7 Å². The highest BCUT2D eigenvalue weighted by molar-refractivity contribution is 5.29. The van der Waals surface area contributed by atoms with Gasteiger partial charge in [-0.15, -0.1) is 0 Å². The fourth-order valence-corrected chi connectivity index (χ4v) is 2.51. The van der Waals surface area contributed by atoms with E-state index < -0.39 is 0 Å². The van der Waals surface area contributed by atoms with Crippen molar-refractivity contribution in [1.29, 1.82) is 0 Å². The van der Waals surface area contributed by atoms with Gasteiger partial charge in [-0.25, -0.2) is 4.39 Å². The van der Waals surface area contributed by atoms with E-state index in [1.807, 2.05) is 14.0 Å². The molecule has 0 aliphatic heterocycles. The van der Waals surface area contributed by atoms with Crippen LogP contribution in [0.15, 0.2) is 18.2 Å². The Kier molecular flexibility index (Phi) is 3.88. The minimum atomic E-state index is -0.327. The van der Waals surface area contributed by atoms with Crippen molar-refractivity contribution in [2.45, 2.75) is 37.8 Å². The molecule has 100 valence electrons. The zero-order valence-electron chi connectivity index (χ0n) is 10.9. The largest absolute Gasteiger partial charge is 0.487 e. The van der Waals surface area contributed by atoms with Gasteiger partial charge in [-0.1, -0.05) is 6.07 Å². The van der Waals surface area contributed by atoms with Gasteiger partial charge in [-0.3, -0.25) is 0 Å². The third-order valence-corrected chi connectivity index (χ3v) is 3.78. The molecule has 1 fully saturated rings. The van der Waals surface area contributed by atoms with Gasteiger partial charge in [0, 0.05) is 12.0 Å². The molecular formula is C14H20FNO2. The van der Waals surface area contributed by atoms with Crippen LogP contribution in [0.3, 0.4) is 0 Å². The molecule has 4 heteroatoms. The zero-order valence-corrected chi connectivity index (χ0v) is 10.9. The summed E-state index contributed by atoms with van der Waals surface area (Å²) >= 11 is 0. The molecule has 18 heavy (non-hydrogen) atoms. The fourth-order valence-electron chi connectivity index (χ4n) is 2.51. The molecule has 3 nitrogen and oxygen atoms in total. The highest BCUT2D eigenvalue weighted by atomic mass is 19.1. The third kappa shape index (κ3) is 2.65. The van der Waals surface area contributed by atoms with Gasteiger partial charge in [0.1, 0.15) is 6.10 Å². The molecule has 1 aromatic rings. The molecular weight excluding hydrogens is 233 g/mol. The van der Waals surface area contributed by atoms with E-state index in [0.717, 1.165) is 18.4 Å². The molecule has 0 aromatic heterocycles. The van der Waals surface area contributed by atoms with E-state index in [-0.39, 0.29) is 24.1 Å². The van der Waals surface area contributed by atoms with Crippen molar-refractivity contribution in [3.8, 4) is 5.75 Å². The smallest absolute Gasteiger partial charge is 0.165 e. The first-order valence-corrected chi connectivity index (χ1v) is 6.31. The minimum absolute atomic E-state index is 0.0408. The summed E-state index contributed by atoms with van der Waals surface area (Å²) in [4.78, 5) is 0. The van der Waals surface area contributed by atoms with Crippen LogP contribution in [0, 0.1) is 12.7 Å². The molecule has 0 saturated heterocycles. The number of halogens is 1. The van der Waals surface area contributed by atoms with Gasteiger partial charge >= 0.3 is 0 Å². The Morgan fingerprint density at radius 2 is 2.33 bits per heavy atom. The molecule has 1 aliphatic carbocycles. The Morgan fingerprint density at radius 3 is 2.94 bits per heavy atom. The highest BCUT2D eigenvalue weighted by Gasteiger charge is 2.38. The van der Waals surface area contributed by atoms with E-state index in [9.17, 15) is 9.50 Å². The van der Waals surface area contributed by atoms with Crippen LogP contribution >= 0.6 is 0 Å². The summed E-state index contributed by atoms with van der Waals surface area (Å²) in [5, 5.41) is 12.6. The molecule has 0 radical (unpaired) electrons. The van der Waals surface area contributed by atoms with Gasteiger partial charge in [-0.05, 0) is 44.5 Å². The number of hydrogen-bond donors (Lipinski definition) is 2. The van der Waals surface area contributed by atoms with Crippen molar-refractivity contribution in [3.05, 3.63) is 29.6 Å². The molecule has 0 spiro atoms. The minimum Gasteiger partial charge on any atom is -0.487 e. The summed E-state index contributed by atoms with van der Waals surface area (Å²) in [5.74, 6) is -0.0172. The average molecular weight is 253 g/mol. The van der Waals surface area contributed by atoms with Gasteiger partial charge in [0.15, 0.2) is 11.6 Å². The van der Waals surface area contributed by atoms with Gasteiger partial charge in [0.2, 0.25) is 0 Å². The first-order valence-electron chi connectivity index (χ1n) is 6.31. The van der Waals surface area contributed by atoms with Crippen LogP contribution in [0.5, 0.6) is 5.75 Å². The Hall–Kier alpha value is -1.13. The molecule has 0 heterocycles. The monoisotopic (exact) mass is 253 g/mol. The van der Waals surface area contributed by atoms with Gasteiger partial charge in [0.25, 0.3) is 0 Å². The van der Waals surface area contributed by atoms with E-state index in [1.165, 1.54) is 6.07 Å². The second-order valence-corrected chi connectivity index (χ2v) is 5.10. The average Bonchev–Trinajstić information content (AvgIpc) is 2.78. The third-order valence-electron chi connectivity index (χ3n) is 3.78. The number of aliphatic hydroxyl groups excluding tert-OH is 1. The van der Waals surface area contributed by atoms with Crippen LogP contribution in [0.25, 0.3) is 0 Å². The van der Waals surface area contributed by atoms with Gasteiger partial charge < -0.3 is 15.2 Å². The number of likely N-dealkylation sites (N-methyl/N-ethyl adjacent to an activating group) is 1. The van der Waals surface area contributed by atoms with Crippen LogP contribution in [0.2, 0.25) is 0 Å². The predicted molar refractivity (Wildman–Crippen MR) is 68.3 cm³/mol. The van der Waals surface area contributed by atoms with Crippen molar-refractivity contribution in [1.82, 2.24) is 5.32 Å². The van der Waals surface area contributed by atoms with Crippen molar-refractivity contribution in [2.24, 2.45) is 0 Å². The number of hydrogen-bond acceptors (Lipinski definition) is 3. The number of aliphatic hydroxyl groups is 1. The lowest BCUT2D eigenvalue weighted by Gasteiger charge is -2.26. The van der Waals surface area contributed by atoms with Gasteiger partial charge in [0.05, 0.1) is 6.61 Å². The zero-order chi connectivity index (χ0) is 13.2. The maximum Gasteiger partial charge on any atom is 0.165 e. The van der Waals surface area contributed by atoms with Crippen molar-refractivity contribution < 1.29 is 14.2 Å². The molecule has 1 saturated carbocycles. The number of nitrogens with one attached hydrogen (secondary N) is 1. The van der Waals surface area contributed by atoms with E-state index in [1.54, 1.807) is 12.1 Å². The van der Waals surface area contributed by atoms with E-state index in [2.05, 4.69) is 5.32 Å². The summed E-state index contributed by atoms with van der Waals surface area (Å²) in [5.41, 5.74) is 0.705. The summed E-state index contributed by atoms with van der Waals surface area (Å²) in [7, 11) is 1.84. The summed E-state index contributed by atoms with van der Waals surface area (Å²) in [6.07, 6.45) is 2.33. The number of aryl methyl sites for hydroxylation is 1. The van der Waals surface area contributed by atoms with Crippen molar-refractivity contribution >= 4 is 0 Å². The molecule has 0 amide bonds. The Balaban J connectivity index is 2.05. The van der Waals surface area contributed by atoms with Crippen LogP contribution in [0.1, 0.15) is 24.8 Å². The quantitative estimate of drug-likeness (QED) is 0.862. The van der Waals surface area contributed by atoms with E-state index >= 15 is 0 Å². The maximum absolute atomic E-state index is 13.6. The second kappa shape index (κ2) is 5.24. The van der Waals surface area contributed by atoms with Crippen LogP contribution in [-0.4, -0.2) is 30.4 Å². The van der Waals surface area contributed by atoms with Crippen LogP contribution in [-0.2, 0) is 0 Å². The maximum atomic E-state index is 13.6. The molecule has 1 aliphatic rings. The van der Waals surface area contributed by atoms with Crippen LogP contribution < -0.4 is 10.1 Å². The Bertz CT molecular complexity index is 418. The fraction of sp³-hybridized carbons (Fsp3) is 0.571. The molecule has 2 rings (SSSR count). The SMILES string of the molecule is CNC1(CO)CCC(Oc2cc(C)ccc2F)C1. The second-order valence-electron chi connectivity index (χ2n) is 5.10. The Morgan fingerprint density at radius 1 is 1.56 bits per heavy atom. The Labute approximate surface area is 107 Å². The molecule has 0 bridgehead atoms. The molecule has 1 aromatic carbocycles. The number of ether oxygens (including phenoxy) is 1. The first-order chi connectivity index (χ1) is 8.58. The van der Waals surface area contributed by atoms with Crippen LogP contribution in [0.4, 0.5) is 4.39 Å². The summed E-state index contributed by atoms with van der Waals surface area (Å²) in [6, 6.07) is 4.87. The standard InChI is InChI=1S/C14H20FNO2/c1-10-3-4-12(15)13(7-10)18-11-5-6-14(8-11,9-17)16-2/h3-4,7,11,16-17H,5-6,8-9H2,1-2H3. The first kappa shape index (κ1) is 13.3. The van der Waals surface area contributed by atoms with Crippen molar-refractivity contribution in [3.63, 3.8) is 0 Å². The topological polar surface area (TPSA) is 41.5 Å². The van der Waals surface area contributed by atoms with E-state index in [4.69, 9.17) is 4.74 Å². The lowest BCUT2D eigenvalue weighted by Crippen LogP contribution is -2.44. The predicted octanol–water partition coefficient (Wildman–Crippen LogP) is 2.02. The summed E-state index contributed by atoms with van der Waals surface area (Å²) < 4.78 is 19.3.